The zero-order valence-corrected chi connectivity index (χ0v) is 18.2. The first-order chi connectivity index (χ1) is 14.5. The number of carbonyl (C=O) groups is 1. The molecule has 0 aliphatic rings. The Morgan fingerprint density at radius 2 is 1.53 bits per heavy atom. The van der Waals surface area contributed by atoms with E-state index in [1.54, 1.807) is 21.3 Å². The molecule has 7 nitrogen and oxygen atoms in total. The highest BCUT2D eigenvalue weighted by atomic mass is 16.5. The topological polar surface area (TPSA) is 84.0 Å². The van der Waals surface area contributed by atoms with Gasteiger partial charge in [0.25, 0.3) is 0 Å². The smallest absolute Gasteiger partial charge is 0.239 e. The van der Waals surface area contributed by atoms with E-state index in [2.05, 4.69) is 40.0 Å². The minimum absolute atomic E-state index is 0.0969. The minimum atomic E-state index is -0.0969. The molecule has 0 aliphatic carbocycles. The number of hydrogen-bond donors (Lipinski definition) is 3. The maximum Gasteiger partial charge on any atom is 0.239 e. The van der Waals surface area contributed by atoms with Crippen LogP contribution in [0.25, 0.3) is 0 Å². The van der Waals surface area contributed by atoms with E-state index in [1.807, 2.05) is 36.4 Å². The zero-order valence-electron chi connectivity index (χ0n) is 18.2. The van der Waals surface area contributed by atoms with E-state index in [4.69, 9.17) is 9.47 Å². The van der Waals surface area contributed by atoms with Crippen LogP contribution in [0.5, 0.6) is 11.5 Å². The highest BCUT2D eigenvalue weighted by Gasteiger charge is 2.07. The zero-order chi connectivity index (χ0) is 21.8. The molecule has 0 saturated heterocycles. The number of ether oxygens (including phenoxy) is 2. The number of carbonyl (C=O) groups excluding carboxylic acids is 1. The van der Waals surface area contributed by atoms with Gasteiger partial charge in [-0.05, 0) is 47.7 Å². The van der Waals surface area contributed by atoms with Crippen LogP contribution in [0.15, 0.2) is 53.5 Å². The summed E-state index contributed by atoms with van der Waals surface area (Å²) in [5.41, 5.74) is 2.28. The van der Waals surface area contributed by atoms with Gasteiger partial charge in [-0.25, -0.2) is 0 Å². The van der Waals surface area contributed by atoms with Crippen molar-refractivity contribution in [3.63, 3.8) is 0 Å². The molecule has 0 heterocycles. The Bertz CT molecular complexity index is 804. The van der Waals surface area contributed by atoms with Gasteiger partial charge in [-0.1, -0.05) is 31.2 Å². The number of amides is 1. The van der Waals surface area contributed by atoms with Crippen molar-refractivity contribution in [2.45, 2.75) is 25.8 Å². The summed E-state index contributed by atoms with van der Waals surface area (Å²) in [7, 11) is 4.99. The van der Waals surface area contributed by atoms with Crippen molar-refractivity contribution in [1.29, 1.82) is 0 Å². The number of aliphatic imine (C=N–C) groups is 1. The van der Waals surface area contributed by atoms with Crippen LogP contribution in [0.2, 0.25) is 0 Å². The van der Waals surface area contributed by atoms with E-state index < -0.39 is 0 Å². The van der Waals surface area contributed by atoms with Crippen LogP contribution >= 0.6 is 0 Å². The summed E-state index contributed by atoms with van der Waals surface area (Å²) < 4.78 is 10.3. The summed E-state index contributed by atoms with van der Waals surface area (Å²) in [5.74, 6) is 2.56. The summed E-state index contributed by atoms with van der Waals surface area (Å²) in [4.78, 5) is 16.3. The molecule has 0 aliphatic heterocycles. The van der Waals surface area contributed by atoms with Crippen LogP contribution in [0.3, 0.4) is 0 Å². The average molecular weight is 413 g/mol. The second-order valence-corrected chi connectivity index (χ2v) is 6.94. The van der Waals surface area contributed by atoms with E-state index in [0.29, 0.717) is 18.4 Å². The maximum atomic E-state index is 12.1. The predicted octanol–water partition coefficient (Wildman–Crippen LogP) is 2.68. The molecule has 2 aromatic rings. The molecule has 0 fully saturated rings. The number of nitrogens with one attached hydrogen (secondary N) is 3. The normalized spacial score (nSPS) is 12.1. The lowest BCUT2D eigenvalue weighted by Gasteiger charge is -2.15. The summed E-state index contributed by atoms with van der Waals surface area (Å²) in [6, 6.07) is 15.7. The van der Waals surface area contributed by atoms with Crippen LogP contribution < -0.4 is 25.4 Å². The third-order valence-electron chi connectivity index (χ3n) is 4.84. The van der Waals surface area contributed by atoms with Gasteiger partial charge in [0.1, 0.15) is 11.5 Å². The Morgan fingerprint density at radius 1 is 0.933 bits per heavy atom. The van der Waals surface area contributed by atoms with Gasteiger partial charge in [-0.2, -0.15) is 0 Å². The number of rotatable bonds is 10. The molecule has 30 heavy (non-hydrogen) atoms. The van der Waals surface area contributed by atoms with E-state index in [1.165, 1.54) is 5.56 Å². The van der Waals surface area contributed by atoms with Crippen molar-refractivity contribution < 1.29 is 14.3 Å². The quantitative estimate of drug-likeness (QED) is 0.413. The molecule has 0 aromatic heterocycles. The second kappa shape index (κ2) is 12.4. The molecule has 162 valence electrons. The molecule has 1 amide bonds. The summed E-state index contributed by atoms with van der Waals surface area (Å²) in [5, 5.41) is 9.18. The minimum Gasteiger partial charge on any atom is -0.497 e. The summed E-state index contributed by atoms with van der Waals surface area (Å²) in [6.07, 6.45) is 0.941. The molecular formula is C23H32N4O3. The molecule has 7 heteroatoms. The highest BCUT2D eigenvalue weighted by Crippen LogP contribution is 2.21. The molecule has 1 unspecified atom stereocenters. The highest BCUT2D eigenvalue weighted by molar-refractivity contribution is 5.86. The van der Waals surface area contributed by atoms with Crippen molar-refractivity contribution in [3.8, 4) is 11.5 Å². The first kappa shape index (κ1) is 23.1. The fourth-order valence-corrected chi connectivity index (χ4v) is 2.90. The fraction of sp³-hybridized carbons (Fsp3) is 0.391. The summed E-state index contributed by atoms with van der Waals surface area (Å²) >= 11 is 0. The van der Waals surface area contributed by atoms with Crippen molar-refractivity contribution in [2.24, 2.45) is 4.99 Å². The Balaban J connectivity index is 1.67. The van der Waals surface area contributed by atoms with Crippen molar-refractivity contribution in [3.05, 3.63) is 59.7 Å². The number of hydrogen-bond acceptors (Lipinski definition) is 4. The molecule has 0 bridgehead atoms. The van der Waals surface area contributed by atoms with E-state index in [9.17, 15) is 4.79 Å². The Labute approximate surface area is 178 Å². The van der Waals surface area contributed by atoms with Gasteiger partial charge in [0.05, 0.1) is 20.8 Å². The molecule has 2 aromatic carbocycles. The standard InChI is InChI=1S/C23H32N4O3/c1-17(19-7-11-21(30-4)12-8-19)13-14-25-23(24-2)27-16-22(28)26-15-18-5-9-20(29-3)10-6-18/h5-12,17H,13-16H2,1-4H3,(H,26,28)(H2,24,25,27). The molecule has 3 N–H and O–H groups in total. The van der Waals surface area contributed by atoms with Crippen molar-refractivity contribution >= 4 is 11.9 Å². The maximum absolute atomic E-state index is 12.1. The van der Waals surface area contributed by atoms with Gasteiger partial charge in [-0.15, -0.1) is 0 Å². The average Bonchev–Trinajstić information content (AvgIpc) is 2.80. The first-order valence-corrected chi connectivity index (χ1v) is 10.0. The SMILES string of the molecule is CN=C(NCCC(C)c1ccc(OC)cc1)NCC(=O)NCc1ccc(OC)cc1. The lowest BCUT2D eigenvalue weighted by Crippen LogP contribution is -2.43. The first-order valence-electron chi connectivity index (χ1n) is 10.0. The van der Waals surface area contributed by atoms with Crippen LogP contribution in [0.1, 0.15) is 30.4 Å². The van der Waals surface area contributed by atoms with E-state index in [0.717, 1.165) is 30.0 Å². The second-order valence-electron chi connectivity index (χ2n) is 6.94. The number of methoxy groups -OCH3 is 2. The Morgan fingerprint density at radius 3 is 2.10 bits per heavy atom. The largest absolute Gasteiger partial charge is 0.497 e. The Hall–Kier alpha value is -3.22. The predicted molar refractivity (Wildman–Crippen MR) is 120 cm³/mol. The van der Waals surface area contributed by atoms with Crippen LogP contribution in [0.4, 0.5) is 0 Å². The van der Waals surface area contributed by atoms with Gasteiger partial charge in [0, 0.05) is 20.1 Å². The lowest BCUT2D eigenvalue weighted by molar-refractivity contribution is -0.120. The van der Waals surface area contributed by atoms with Crippen LogP contribution in [-0.2, 0) is 11.3 Å². The molecule has 0 spiro atoms. The monoisotopic (exact) mass is 412 g/mol. The fourth-order valence-electron chi connectivity index (χ4n) is 2.90. The lowest BCUT2D eigenvalue weighted by atomic mass is 9.98. The van der Waals surface area contributed by atoms with Crippen molar-refractivity contribution in [2.75, 3.05) is 34.4 Å². The van der Waals surface area contributed by atoms with E-state index in [-0.39, 0.29) is 12.5 Å². The molecule has 0 radical (unpaired) electrons. The van der Waals surface area contributed by atoms with Gasteiger partial charge in [0.15, 0.2) is 5.96 Å². The van der Waals surface area contributed by atoms with Crippen molar-refractivity contribution in [1.82, 2.24) is 16.0 Å². The van der Waals surface area contributed by atoms with Gasteiger partial charge in [0.2, 0.25) is 5.91 Å². The van der Waals surface area contributed by atoms with Gasteiger partial charge < -0.3 is 25.4 Å². The third kappa shape index (κ3) is 7.66. The molecule has 2 rings (SSSR count). The van der Waals surface area contributed by atoms with Crippen LogP contribution in [-0.4, -0.2) is 46.2 Å². The third-order valence-corrected chi connectivity index (χ3v) is 4.84. The van der Waals surface area contributed by atoms with E-state index >= 15 is 0 Å². The summed E-state index contributed by atoms with van der Waals surface area (Å²) in [6.45, 7) is 3.56. The molecular weight excluding hydrogens is 380 g/mol. The van der Waals surface area contributed by atoms with Gasteiger partial charge >= 0.3 is 0 Å². The number of benzene rings is 2. The Kier molecular flexibility index (Phi) is 9.51. The van der Waals surface area contributed by atoms with Gasteiger partial charge in [-0.3, -0.25) is 9.79 Å². The number of nitrogens with zero attached hydrogens (tertiary/aromatic N) is 1. The molecule has 0 saturated carbocycles. The molecule has 1 atom stereocenters. The van der Waals surface area contributed by atoms with Crippen LogP contribution in [0, 0.1) is 0 Å². The number of guanidine groups is 1.